The highest BCUT2D eigenvalue weighted by atomic mass is 16.5. The number of carbonyl (C=O) groups excluding carboxylic acids is 3. The molecule has 0 N–H and O–H groups in total. The monoisotopic (exact) mass is 499 g/mol. The van der Waals surface area contributed by atoms with E-state index in [-0.39, 0.29) is 30.1 Å². The fourth-order valence-corrected chi connectivity index (χ4v) is 6.98. The van der Waals surface area contributed by atoms with Gasteiger partial charge in [0.05, 0.1) is 23.4 Å². The van der Waals surface area contributed by atoms with Gasteiger partial charge in [-0.1, -0.05) is 84.9 Å². The van der Waals surface area contributed by atoms with Gasteiger partial charge in [-0.25, -0.2) is 4.90 Å². The third-order valence-corrected chi connectivity index (χ3v) is 8.51. The molecular formula is C33H25NO4. The second-order valence-electron chi connectivity index (χ2n) is 10.5. The lowest BCUT2D eigenvalue weighted by Gasteiger charge is -2.51. The summed E-state index contributed by atoms with van der Waals surface area (Å²) in [5.74, 6) is -1.42. The van der Waals surface area contributed by atoms with Gasteiger partial charge in [0.15, 0.2) is 0 Å². The molecule has 8 rings (SSSR count). The maximum atomic E-state index is 14.3. The summed E-state index contributed by atoms with van der Waals surface area (Å²) in [6.07, 6.45) is 0.132. The van der Waals surface area contributed by atoms with Crippen LogP contribution < -0.4 is 9.64 Å². The van der Waals surface area contributed by atoms with E-state index in [9.17, 15) is 14.4 Å². The molecule has 38 heavy (non-hydrogen) atoms. The van der Waals surface area contributed by atoms with Crippen molar-refractivity contribution in [2.24, 2.45) is 11.3 Å². The minimum Gasteiger partial charge on any atom is -0.426 e. The van der Waals surface area contributed by atoms with Crippen LogP contribution >= 0.6 is 0 Å². The molecule has 0 aromatic heterocycles. The number of anilines is 1. The summed E-state index contributed by atoms with van der Waals surface area (Å²) in [4.78, 5) is 42.3. The molecule has 0 saturated carbocycles. The van der Waals surface area contributed by atoms with Gasteiger partial charge >= 0.3 is 5.97 Å². The first kappa shape index (κ1) is 22.7. The number of hydrogen-bond acceptors (Lipinski definition) is 4. The van der Waals surface area contributed by atoms with Gasteiger partial charge in [-0.3, -0.25) is 14.4 Å². The summed E-state index contributed by atoms with van der Waals surface area (Å²) < 4.78 is 5.60. The molecule has 3 aliphatic carbocycles. The van der Waals surface area contributed by atoms with Crippen LogP contribution in [-0.2, 0) is 20.8 Å². The Kier molecular flexibility index (Phi) is 4.92. The highest BCUT2D eigenvalue weighted by Crippen LogP contribution is 2.67. The molecule has 4 aliphatic rings. The molecule has 2 amide bonds. The number of hydrogen-bond donors (Lipinski definition) is 0. The van der Waals surface area contributed by atoms with Crippen molar-refractivity contribution >= 4 is 23.5 Å². The van der Waals surface area contributed by atoms with E-state index >= 15 is 0 Å². The van der Waals surface area contributed by atoms with Crippen LogP contribution in [0.15, 0.2) is 103 Å². The molecule has 186 valence electrons. The summed E-state index contributed by atoms with van der Waals surface area (Å²) in [5, 5.41) is 0. The fraction of sp³-hybridized carbons (Fsp3) is 0.182. The van der Waals surface area contributed by atoms with Crippen molar-refractivity contribution in [2.75, 3.05) is 4.90 Å². The van der Waals surface area contributed by atoms with E-state index in [1.54, 1.807) is 24.3 Å². The van der Waals surface area contributed by atoms with E-state index < -0.39 is 17.3 Å². The molecule has 1 saturated heterocycles. The number of nitrogens with zero attached hydrogens (tertiary/aromatic N) is 1. The van der Waals surface area contributed by atoms with Crippen LogP contribution in [-0.4, -0.2) is 17.8 Å². The van der Waals surface area contributed by atoms with Crippen LogP contribution in [0.5, 0.6) is 5.75 Å². The van der Waals surface area contributed by atoms with Crippen LogP contribution in [0.25, 0.3) is 0 Å². The van der Waals surface area contributed by atoms with Crippen molar-refractivity contribution in [1.29, 1.82) is 0 Å². The van der Waals surface area contributed by atoms with Crippen LogP contribution in [0.3, 0.4) is 0 Å². The average Bonchev–Trinajstić information content (AvgIpc) is 3.14. The lowest BCUT2D eigenvalue weighted by Crippen LogP contribution is -2.49. The topological polar surface area (TPSA) is 63.7 Å². The first-order valence-corrected chi connectivity index (χ1v) is 12.9. The third-order valence-electron chi connectivity index (χ3n) is 8.51. The van der Waals surface area contributed by atoms with Gasteiger partial charge in [0.2, 0.25) is 11.8 Å². The first-order chi connectivity index (χ1) is 18.5. The zero-order valence-electron chi connectivity index (χ0n) is 20.8. The highest BCUT2D eigenvalue weighted by molar-refractivity contribution is 6.25. The van der Waals surface area contributed by atoms with Gasteiger partial charge in [0.1, 0.15) is 5.75 Å². The number of imide groups is 1. The Hall–Kier alpha value is -4.51. The van der Waals surface area contributed by atoms with Gasteiger partial charge in [-0.05, 0) is 46.9 Å². The number of esters is 1. The lowest BCUT2D eigenvalue weighted by atomic mass is 9.48. The van der Waals surface area contributed by atoms with Gasteiger partial charge in [0.25, 0.3) is 0 Å². The maximum Gasteiger partial charge on any atom is 0.315 e. The molecule has 2 bridgehead atoms. The summed E-state index contributed by atoms with van der Waals surface area (Å²) in [6, 6.07) is 32.5. The minimum atomic E-state index is -0.912. The van der Waals surface area contributed by atoms with Crippen molar-refractivity contribution in [3.63, 3.8) is 0 Å². The number of benzene rings is 4. The van der Waals surface area contributed by atoms with E-state index in [0.717, 1.165) is 27.8 Å². The molecule has 1 fully saturated rings. The first-order valence-electron chi connectivity index (χ1n) is 12.9. The predicted molar refractivity (Wildman–Crippen MR) is 143 cm³/mol. The molecule has 0 unspecified atom stereocenters. The zero-order chi connectivity index (χ0) is 26.0. The van der Waals surface area contributed by atoms with Crippen molar-refractivity contribution in [2.45, 2.75) is 25.2 Å². The van der Waals surface area contributed by atoms with E-state index in [1.165, 1.54) is 4.90 Å². The molecule has 1 aliphatic heterocycles. The average molecular weight is 500 g/mol. The second kappa shape index (κ2) is 8.25. The van der Waals surface area contributed by atoms with Crippen molar-refractivity contribution in [3.8, 4) is 5.75 Å². The molecule has 1 heterocycles. The number of rotatable bonds is 4. The Morgan fingerprint density at radius 3 is 2.05 bits per heavy atom. The number of amides is 2. The van der Waals surface area contributed by atoms with Crippen LogP contribution in [0.2, 0.25) is 0 Å². The number of ether oxygens (including phenoxy) is 1. The molecule has 2 atom stereocenters. The smallest absolute Gasteiger partial charge is 0.315 e. The van der Waals surface area contributed by atoms with Crippen LogP contribution in [0, 0.1) is 11.3 Å². The highest BCUT2D eigenvalue weighted by Gasteiger charge is 2.68. The molecule has 4 aromatic rings. The second-order valence-corrected chi connectivity index (χ2v) is 10.5. The number of carbonyl (C=O) groups is 3. The summed E-state index contributed by atoms with van der Waals surface area (Å²) in [7, 11) is 0. The normalized spacial score (nSPS) is 24.6. The minimum absolute atomic E-state index is 0.132. The standard InChI is InChI=1S/C33H25NO4/c1-33-29-25-16-7-5-14-23(25)28(24-15-6-8-17-26(24)29)30(33)31(36)34(32(33)37)21-12-9-13-22(19-21)38-27(35)18-20-10-3-2-4-11-20/h2-17,19,28-30H,18H2,1H3/t28?,29?,30-,33+/m0/s1. The third kappa shape index (κ3) is 3.08. The molecule has 5 heteroatoms. The van der Waals surface area contributed by atoms with Crippen molar-refractivity contribution in [3.05, 3.63) is 131 Å². The Labute approximate surface area is 220 Å². The summed E-state index contributed by atoms with van der Waals surface area (Å²) in [5.41, 5.74) is 4.88. The van der Waals surface area contributed by atoms with Gasteiger partial charge in [-0.15, -0.1) is 0 Å². The SMILES string of the molecule is C[C@]12C(=O)N(c3cccc(OC(=O)Cc4ccccc4)c3)C(=O)[C@@H]1C1c3ccccc3C2c2ccccc21. The Morgan fingerprint density at radius 1 is 0.789 bits per heavy atom. The summed E-state index contributed by atoms with van der Waals surface area (Å²) >= 11 is 0. The van der Waals surface area contributed by atoms with Crippen molar-refractivity contribution < 1.29 is 19.1 Å². The van der Waals surface area contributed by atoms with E-state index in [1.807, 2.05) is 61.5 Å². The van der Waals surface area contributed by atoms with Gasteiger partial charge < -0.3 is 4.74 Å². The molecule has 4 aromatic carbocycles. The van der Waals surface area contributed by atoms with Gasteiger partial charge in [-0.2, -0.15) is 0 Å². The quantitative estimate of drug-likeness (QED) is 0.208. The zero-order valence-corrected chi connectivity index (χ0v) is 20.8. The Balaban J connectivity index is 1.26. The fourth-order valence-electron chi connectivity index (χ4n) is 6.98. The van der Waals surface area contributed by atoms with E-state index in [0.29, 0.717) is 11.4 Å². The maximum absolute atomic E-state index is 14.3. The largest absolute Gasteiger partial charge is 0.426 e. The Morgan fingerprint density at radius 2 is 1.39 bits per heavy atom. The molecular weight excluding hydrogens is 474 g/mol. The van der Waals surface area contributed by atoms with E-state index in [4.69, 9.17) is 4.74 Å². The summed E-state index contributed by atoms with van der Waals surface area (Å²) in [6.45, 7) is 1.95. The van der Waals surface area contributed by atoms with E-state index in [2.05, 4.69) is 24.3 Å². The Bertz CT molecular complexity index is 1580. The molecule has 0 radical (unpaired) electrons. The van der Waals surface area contributed by atoms with Crippen molar-refractivity contribution in [1.82, 2.24) is 0 Å². The van der Waals surface area contributed by atoms with Gasteiger partial charge in [0, 0.05) is 17.9 Å². The predicted octanol–water partition coefficient (Wildman–Crippen LogP) is 5.62. The molecule has 0 spiro atoms. The lowest BCUT2D eigenvalue weighted by molar-refractivity contribution is -0.133. The molecule has 5 nitrogen and oxygen atoms in total. The van der Waals surface area contributed by atoms with Crippen LogP contribution in [0.4, 0.5) is 5.69 Å². The van der Waals surface area contributed by atoms with Crippen LogP contribution in [0.1, 0.15) is 46.6 Å².